The van der Waals surface area contributed by atoms with Crippen molar-refractivity contribution in [2.45, 2.75) is 6.92 Å². The fourth-order valence-corrected chi connectivity index (χ4v) is 3.77. The average Bonchev–Trinajstić information content (AvgIpc) is 3.09. The Morgan fingerprint density at radius 1 is 1.33 bits per heavy atom. The van der Waals surface area contributed by atoms with Crippen molar-refractivity contribution in [1.29, 1.82) is 0 Å². The largest absolute Gasteiger partial charge is 0.496 e. The highest BCUT2D eigenvalue weighted by molar-refractivity contribution is 9.10. The van der Waals surface area contributed by atoms with Crippen LogP contribution in [0, 0.1) is 17.0 Å². The maximum Gasteiger partial charge on any atom is 0.284 e. The first kappa shape index (κ1) is 19.0. The second-order valence-electron chi connectivity index (χ2n) is 5.59. The molecular formula is C18H14BrN3O4S. The summed E-state index contributed by atoms with van der Waals surface area (Å²) < 4.78 is 5.50. The maximum absolute atomic E-state index is 12.5. The SMILES string of the molecule is COc1ccc(C)cc1-c1csc(NC(=O)c2cccc([N+](=O)[O-])c2Br)n1. The van der Waals surface area contributed by atoms with Gasteiger partial charge in [-0.2, -0.15) is 0 Å². The number of rotatable bonds is 5. The molecule has 0 unspecified atom stereocenters. The Kier molecular flexibility index (Phi) is 5.52. The van der Waals surface area contributed by atoms with Crippen molar-refractivity contribution >= 4 is 44.0 Å². The lowest BCUT2D eigenvalue weighted by Crippen LogP contribution is -2.13. The van der Waals surface area contributed by atoms with Crippen molar-refractivity contribution in [3.8, 4) is 17.0 Å². The van der Waals surface area contributed by atoms with Crippen molar-refractivity contribution < 1.29 is 14.5 Å². The van der Waals surface area contributed by atoms with E-state index >= 15 is 0 Å². The first-order chi connectivity index (χ1) is 12.9. The summed E-state index contributed by atoms with van der Waals surface area (Å²) in [5, 5.41) is 15.9. The zero-order valence-corrected chi connectivity index (χ0v) is 16.8. The Hall–Kier alpha value is -2.78. The summed E-state index contributed by atoms with van der Waals surface area (Å²) in [6.45, 7) is 1.97. The van der Waals surface area contributed by atoms with Gasteiger partial charge >= 0.3 is 0 Å². The Bertz CT molecular complexity index is 1040. The number of carbonyl (C=O) groups is 1. The van der Waals surface area contributed by atoms with Crippen LogP contribution in [0.15, 0.2) is 46.3 Å². The lowest BCUT2D eigenvalue weighted by molar-refractivity contribution is -0.385. The number of nitrogens with one attached hydrogen (secondary N) is 1. The van der Waals surface area contributed by atoms with E-state index in [1.54, 1.807) is 7.11 Å². The van der Waals surface area contributed by atoms with E-state index in [4.69, 9.17) is 4.74 Å². The van der Waals surface area contributed by atoms with Crippen LogP contribution in [0.4, 0.5) is 10.8 Å². The van der Waals surface area contributed by atoms with Crippen LogP contribution in [0.2, 0.25) is 0 Å². The number of anilines is 1. The van der Waals surface area contributed by atoms with Crippen molar-refractivity contribution in [3.63, 3.8) is 0 Å². The normalized spacial score (nSPS) is 10.5. The van der Waals surface area contributed by atoms with Crippen molar-refractivity contribution in [1.82, 2.24) is 4.98 Å². The lowest BCUT2D eigenvalue weighted by Gasteiger charge is -2.07. The number of thiazole rings is 1. The predicted octanol–water partition coefficient (Wildman–Crippen LogP) is 5.05. The van der Waals surface area contributed by atoms with Gasteiger partial charge in [-0.05, 0) is 41.1 Å². The van der Waals surface area contributed by atoms with Crippen molar-refractivity contribution in [2.75, 3.05) is 12.4 Å². The molecule has 0 fully saturated rings. The van der Waals surface area contributed by atoms with Gasteiger partial charge in [0.2, 0.25) is 0 Å². The zero-order chi connectivity index (χ0) is 19.6. The molecular weight excluding hydrogens is 434 g/mol. The first-order valence-electron chi connectivity index (χ1n) is 7.75. The number of hydrogen-bond acceptors (Lipinski definition) is 6. The van der Waals surface area contributed by atoms with Crippen LogP contribution in [-0.2, 0) is 0 Å². The van der Waals surface area contributed by atoms with Crippen LogP contribution >= 0.6 is 27.3 Å². The molecule has 1 heterocycles. The molecule has 0 aliphatic rings. The van der Waals surface area contributed by atoms with Crippen molar-refractivity contribution in [3.05, 3.63) is 67.5 Å². The predicted molar refractivity (Wildman–Crippen MR) is 108 cm³/mol. The molecule has 0 spiro atoms. The monoisotopic (exact) mass is 447 g/mol. The van der Waals surface area contributed by atoms with Gasteiger partial charge in [0.15, 0.2) is 5.13 Å². The summed E-state index contributed by atoms with van der Waals surface area (Å²) in [6.07, 6.45) is 0. The van der Waals surface area contributed by atoms with Gasteiger partial charge in [0, 0.05) is 17.0 Å². The molecule has 0 bridgehead atoms. The highest BCUT2D eigenvalue weighted by Crippen LogP contribution is 2.34. The molecule has 9 heteroatoms. The number of halogens is 1. The number of methoxy groups -OCH3 is 1. The molecule has 3 rings (SSSR count). The van der Waals surface area contributed by atoms with Crippen molar-refractivity contribution in [2.24, 2.45) is 0 Å². The molecule has 2 aromatic carbocycles. The average molecular weight is 448 g/mol. The summed E-state index contributed by atoms with van der Waals surface area (Å²) in [7, 11) is 1.59. The van der Waals surface area contributed by atoms with E-state index in [0.29, 0.717) is 16.6 Å². The number of carbonyl (C=O) groups excluding carboxylic acids is 1. The Labute approximate surface area is 167 Å². The molecule has 0 saturated carbocycles. The van der Waals surface area contributed by atoms with E-state index in [1.807, 2.05) is 30.5 Å². The van der Waals surface area contributed by atoms with E-state index < -0.39 is 10.8 Å². The van der Waals surface area contributed by atoms with Crippen LogP contribution < -0.4 is 10.1 Å². The molecule has 138 valence electrons. The van der Waals surface area contributed by atoms with E-state index in [9.17, 15) is 14.9 Å². The highest BCUT2D eigenvalue weighted by atomic mass is 79.9. The Morgan fingerprint density at radius 3 is 2.81 bits per heavy atom. The molecule has 1 N–H and O–H groups in total. The summed E-state index contributed by atoms with van der Waals surface area (Å²) >= 11 is 4.39. The molecule has 3 aromatic rings. The number of hydrogen-bond donors (Lipinski definition) is 1. The van der Waals surface area contributed by atoms with Crippen LogP contribution in [0.5, 0.6) is 5.75 Å². The van der Waals surface area contributed by atoms with Gasteiger partial charge in [-0.25, -0.2) is 4.98 Å². The third kappa shape index (κ3) is 3.99. The summed E-state index contributed by atoms with van der Waals surface area (Å²) in [4.78, 5) is 27.4. The van der Waals surface area contributed by atoms with Crippen LogP contribution in [0.25, 0.3) is 11.3 Å². The quantitative estimate of drug-likeness (QED) is 0.436. The minimum atomic E-state index is -0.549. The van der Waals surface area contributed by atoms with Gasteiger partial charge in [0.05, 0.1) is 23.3 Å². The fourth-order valence-electron chi connectivity index (χ4n) is 2.48. The van der Waals surface area contributed by atoms with Crippen LogP contribution in [0.1, 0.15) is 15.9 Å². The standard InChI is InChI=1S/C18H14BrN3O4S/c1-10-6-7-15(26-2)12(8-10)13-9-27-18(20-13)21-17(23)11-4-3-5-14(16(11)19)22(24)25/h3-9H,1-2H3,(H,20,21,23). The van der Waals surface area contributed by atoms with Gasteiger partial charge in [-0.3, -0.25) is 20.2 Å². The third-order valence-corrected chi connectivity index (χ3v) is 5.37. The summed E-state index contributed by atoms with van der Waals surface area (Å²) in [5.74, 6) is 0.202. The van der Waals surface area contributed by atoms with Gasteiger partial charge < -0.3 is 4.74 Å². The second-order valence-corrected chi connectivity index (χ2v) is 7.24. The topological polar surface area (TPSA) is 94.4 Å². The number of aryl methyl sites for hydroxylation is 1. The molecule has 0 atom stereocenters. The van der Waals surface area contributed by atoms with E-state index in [1.165, 1.54) is 29.5 Å². The number of ether oxygens (including phenoxy) is 1. The van der Waals surface area contributed by atoms with E-state index in [-0.39, 0.29) is 15.7 Å². The highest BCUT2D eigenvalue weighted by Gasteiger charge is 2.20. The number of nitro benzene ring substituents is 1. The second kappa shape index (κ2) is 7.85. The molecule has 0 radical (unpaired) electrons. The molecule has 7 nitrogen and oxygen atoms in total. The lowest BCUT2D eigenvalue weighted by atomic mass is 10.1. The number of nitro groups is 1. The van der Waals surface area contributed by atoms with Crippen LogP contribution in [0.3, 0.4) is 0 Å². The van der Waals surface area contributed by atoms with Crippen LogP contribution in [-0.4, -0.2) is 22.9 Å². The molecule has 27 heavy (non-hydrogen) atoms. The number of benzene rings is 2. The number of aromatic nitrogens is 1. The number of amides is 1. The first-order valence-corrected chi connectivity index (χ1v) is 9.42. The summed E-state index contributed by atoms with van der Waals surface area (Å²) in [5.41, 5.74) is 2.55. The minimum Gasteiger partial charge on any atom is -0.496 e. The minimum absolute atomic E-state index is 0.129. The Morgan fingerprint density at radius 2 is 2.11 bits per heavy atom. The summed E-state index contributed by atoms with van der Waals surface area (Å²) in [6, 6.07) is 10.1. The molecule has 1 amide bonds. The fraction of sp³-hybridized carbons (Fsp3) is 0.111. The van der Waals surface area contributed by atoms with Gasteiger partial charge in [-0.1, -0.05) is 17.7 Å². The smallest absolute Gasteiger partial charge is 0.284 e. The molecule has 1 aromatic heterocycles. The Balaban J connectivity index is 1.87. The molecule has 0 saturated heterocycles. The molecule has 0 aliphatic carbocycles. The van der Waals surface area contributed by atoms with E-state index in [0.717, 1.165) is 11.1 Å². The molecule has 0 aliphatic heterocycles. The van der Waals surface area contributed by atoms with E-state index in [2.05, 4.69) is 26.2 Å². The third-order valence-electron chi connectivity index (χ3n) is 3.78. The maximum atomic E-state index is 12.5. The van der Waals surface area contributed by atoms with Gasteiger partial charge in [0.1, 0.15) is 10.2 Å². The van der Waals surface area contributed by atoms with Gasteiger partial charge in [0.25, 0.3) is 11.6 Å². The van der Waals surface area contributed by atoms with Gasteiger partial charge in [-0.15, -0.1) is 11.3 Å². The zero-order valence-electron chi connectivity index (χ0n) is 14.4. The number of nitrogens with zero attached hydrogens (tertiary/aromatic N) is 2.